The van der Waals surface area contributed by atoms with Gasteiger partial charge in [0.2, 0.25) is 0 Å². The van der Waals surface area contributed by atoms with Crippen LogP contribution in [0.1, 0.15) is 18.4 Å². The maximum absolute atomic E-state index is 6.24. The molecule has 4 nitrogen and oxygen atoms in total. The molecule has 0 saturated carbocycles. The average Bonchev–Trinajstić information content (AvgIpc) is 2.57. The summed E-state index contributed by atoms with van der Waals surface area (Å²) in [5.74, 6) is 1.56. The van der Waals surface area contributed by atoms with Crippen molar-refractivity contribution < 1.29 is 0 Å². The molecule has 1 aliphatic heterocycles. The Morgan fingerprint density at radius 1 is 1.18 bits per heavy atom. The van der Waals surface area contributed by atoms with Gasteiger partial charge in [0.15, 0.2) is 0 Å². The van der Waals surface area contributed by atoms with E-state index in [4.69, 9.17) is 11.6 Å². The number of rotatable bonds is 5. The third kappa shape index (κ3) is 4.18. The summed E-state index contributed by atoms with van der Waals surface area (Å²) in [6.45, 7) is 4.17. The Bertz CT molecular complexity index is 582. The third-order valence-electron chi connectivity index (χ3n) is 4.19. The van der Waals surface area contributed by atoms with E-state index in [1.54, 1.807) is 18.6 Å². The van der Waals surface area contributed by atoms with E-state index in [9.17, 15) is 0 Å². The molecule has 116 valence electrons. The highest BCUT2D eigenvalue weighted by atomic mass is 35.5. The number of nitrogens with zero attached hydrogens (tertiary/aromatic N) is 3. The smallest absolute Gasteiger partial charge is 0.144 e. The van der Waals surface area contributed by atoms with Crippen LogP contribution >= 0.6 is 11.6 Å². The zero-order valence-corrected chi connectivity index (χ0v) is 13.3. The van der Waals surface area contributed by atoms with Crippen LogP contribution in [0.25, 0.3) is 0 Å². The largest absolute Gasteiger partial charge is 0.369 e. The SMILES string of the molecule is Clc1ccccc1CN1CCC(CNc2cnccn2)CC1. The molecule has 3 rings (SSSR count). The Labute approximate surface area is 136 Å². The van der Waals surface area contributed by atoms with Crippen molar-refractivity contribution in [1.29, 1.82) is 0 Å². The molecule has 0 unspecified atom stereocenters. The first-order valence-electron chi connectivity index (χ1n) is 7.77. The van der Waals surface area contributed by atoms with Crippen LogP contribution in [-0.4, -0.2) is 34.5 Å². The number of hydrogen-bond acceptors (Lipinski definition) is 4. The van der Waals surface area contributed by atoms with Crippen LogP contribution < -0.4 is 5.32 Å². The summed E-state index contributed by atoms with van der Waals surface area (Å²) in [6, 6.07) is 8.12. The Hall–Kier alpha value is -1.65. The number of benzene rings is 1. The first kappa shape index (κ1) is 15.3. The molecule has 2 aromatic rings. The molecule has 1 N–H and O–H groups in total. The lowest BCUT2D eigenvalue weighted by Gasteiger charge is -2.32. The minimum Gasteiger partial charge on any atom is -0.369 e. The number of halogens is 1. The van der Waals surface area contributed by atoms with Crippen molar-refractivity contribution in [2.24, 2.45) is 5.92 Å². The minimum atomic E-state index is 0.699. The van der Waals surface area contributed by atoms with Gasteiger partial charge in [-0.15, -0.1) is 0 Å². The molecule has 0 aliphatic carbocycles. The molecular weight excluding hydrogens is 296 g/mol. The van der Waals surface area contributed by atoms with Crippen molar-refractivity contribution in [2.75, 3.05) is 25.0 Å². The van der Waals surface area contributed by atoms with E-state index in [-0.39, 0.29) is 0 Å². The quantitative estimate of drug-likeness (QED) is 0.917. The van der Waals surface area contributed by atoms with Gasteiger partial charge in [0.1, 0.15) is 5.82 Å². The molecule has 1 saturated heterocycles. The number of piperidine rings is 1. The lowest BCUT2D eigenvalue weighted by molar-refractivity contribution is 0.182. The molecule has 0 radical (unpaired) electrons. The van der Waals surface area contributed by atoms with E-state index in [2.05, 4.69) is 32.3 Å². The molecule has 0 spiro atoms. The summed E-state index contributed by atoms with van der Waals surface area (Å²) in [4.78, 5) is 10.8. The predicted molar refractivity (Wildman–Crippen MR) is 90.0 cm³/mol. The zero-order valence-electron chi connectivity index (χ0n) is 12.6. The van der Waals surface area contributed by atoms with Gasteiger partial charge in [0, 0.05) is 30.5 Å². The number of likely N-dealkylation sites (tertiary alicyclic amines) is 1. The second-order valence-corrected chi connectivity index (χ2v) is 6.19. The van der Waals surface area contributed by atoms with Gasteiger partial charge in [-0.25, -0.2) is 4.98 Å². The highest BCUT2D eigenvalue weighted by Crippen LogP contribution is 2.22. The molecule has 5 heteroatoms. The van der Waals surface area contributed by atoms with Gasteiger partial charge < -0.3 is 5.32 Å². The molecule has 22 heavy (non-hydrogen) atoms. The maximum Gasteiger partial charge on any atom is 0.144 e. The second kappa shape index (κ2) is 7.56. The monoisotopic (exact) mass is 316 g/mol. The van der Waals surface area contributed by atoms with Crippen LogP contribution in [0.15, 0.2) is 42.9 Å². The number of nitrogens with one attached hydrogen (secondary N) is 1. The van der Waals surface area contributed by atoms with E-state index in [0.29, 0.717) is 5.92 Å². The van der Waals surface area contributed by atoms with Crippen molar-refractivity contribution in [3.63, 3.8) is 0 Å². The molecule has 1 aromatic heterocycles. The summed E-state index contributed by atoms with van der Waals surface area (Å²) in [6.07, 6.45) is 7.59. The van der Waals surface area contributed by atoms with Gasteiger partial charge in [-0.05, 0) is 43.5 Å². The maximum atomic E-state index is 6.24. The highest BCUT2D eigenvalue weighted by Gasteiger charge is 2.19. The normalized spacial score (nSPS) is 16.6. The van der Waals surface area contributed by atoms with E-state index in [1.807, 2.05) is 12.1 Å². The number of aromatic nitrogens is 2. The van der Waals surface area contributed by atoms with Crippen molar-refractivity contribution in [2.45, 2.75) is 19.4 Å². The fraction of sp³-hybridized carbons (Fsp3) is 0.412. The number of anilines is 1. The molecule has 2 heterocycles. The standard InChI is InChI=1S/C17H21ClN4/c18-16-4-2-1-3-15(16)13-22-9-5-14(6-10-22)11-21-17-12-19-7-8-20-17/h1-4,7-8,12,14H,5-6,9-11,13H2,(H,20,21). The Kier molecular flexibility index (Phi) is 5.24. The Morgan fingerprint density at radius 3 is 2.73 bits per heavy atom. The lowest BCUT2D eigenvalue weighted by atomic mass is 9.96. The molecule has 0 atom stereocenters. The van der Waals surface area contributed by atoms with Crippen molar-refractivity contribution in [3.05, 3.63) is 53.4 Å². The fourth-order valence-corrected chi connectivity index (χ4v) is 3.05. The van der Waals surface area contributed by atoms with Gasteiger partial charge in [0.05, 0.1) is 6.20 Å². The van der Waals surface area contributed by atoms with Crippen LogP contribution in [-0.2, 0) is 6.54 Å². The van der Waals surface area contributed by atoms with Gasteiger partial charge in [-0.1, -0.05) is 29.8 Å². The van der Waals surface area contributed by atoms with Gasteiger partial charge in [0.25, 0.3) is 0 Å². The van der Waals surface area contributed by atoms with Crippen LogP contribution in [0.4, 0.5) is 5.82 Å². The minimum absolute atomic E-state index is 0.699. The van der Waals surface area contributed by atoms with Gasteiger partial charge >= 0.3 is 0 Å². The van der Waals surface area contributed by atoms with Crippen molar-refractivity contribution in [3.8, 4) is 0 Å². The zero-order chi connectivity index (χ0) is 15.2. The lowest BCUT2D eigenvalue weighted by Crippen LogP contribution is -2.35. The first-order valence-corrected chi connectivity index (χ1v) is 8.15. The molecular formula is C17H21ClN4. The Morgan fingerprint density at radius 2 is 2.00 bits per heavy atom. The summed E-state index contributed by atoms with van der Waals surface area (Å²) < 4.78 is 0. The second-order valence-electron chi connectivity index (χ2n) is 5.78. The van der Waals surface area contributed by atoms with E-state index < -0.39 is 0 Å². The van der Waals surface area contributed by atoms with Gasteiger partial charge in [-0.2, -0.15) is 0 Å². The summed E-state index contributed by atoms with van der Waals surface area (Å²) in [7, 11) is 0. The van der Waals surface area contributed by atoms with E-state index in [0.717, 1.165) is 37.0 Å². The fourth-order valence-electron chi connectivity index (χ4n) is 2.86. The molecule has 1 aliphatic rings. The average molecular weight is 317 g/mol. The topological polar surface area (TPSA) is 41.0 Å². The van der Waals surface area contributed by atoms with Crippen LogP contribution in [0, 0.1) is 5.92 Å². The van der Waals surface area contributed by atoms with Gasteiger partial charge in [-0.3, -0.25) is 9.88 Å². The van der Waals surface area contributed by atoms with Crippen LogP contribution in [0.5, 0.6) is 0 Å². The molecule has 1 aromatic carbocycles. The first-order chi connectivity index (χ1) is 10.8. The van der Waals surface area contributed by atoms with Crippen LogP contribution in [0.3, 0.4) is 0 Å². The Balaban J connectivity index is 1.44. The number of hydrogen-bond donors (Lipinski definition) is 1. The third-order valence-corrected chi connectivity index (χ3v) is 4.56. The van der Waals surface area contributed by atoms with E-state index >= 15 is 0 Å². The van der Waals surface area contributed by atoms with Crippen molar-refractivity contribution >= 4 is 17.4 Å². The molecule has 0 bridgehead atoms. The molecule has 1 fully saturated rings. The summed E-state index contributed by atoms with van der Waals surface area (Å²) in [5, 5.41) is 4.24. The predicted octanol–water partition coefficient (Wildman–Crippen LogP) is 3.45. The van der Waals surface area contributed by atoms with Crippen molar-refractivity contribution in [1.82, 2.24) is 14.9 Å². The molecule has 0 amide bonds. The summed E-state index contributed by atoms with van der Waals surface area (Å²) in [5.41, 5.74) is 1.22. The van der Waals surface area contributed by atoms with E-state index in [1.165, 1.54) is 18.4 Å². The highest BCUT2D eigenvalue weighted by molar-refractivity contribution is 6.31. The summed E-state index contributed by atoms with van der Waals surface area (Å²) >= 11 is 6.24. The van der Waals surface area contributed by atoms with Crippen LogP contribution in [0.2, 0.25) is 5.02 Å².